The first-order chi connectivity index (χ1) is 7.44. The Morgan fingerprint density at radius 2 is 2.25 bits per heavy atom. The van der Waals surface area contributed by atoms with Gasteiger partial charge in [0.2, 0.25) is 0 Å². The van der Waals surface area contributed by atoms with E-state index in [2.05, 4.69) is 5.10 Å². The molecule has 0 atom stereocenters. The van der Waals surface area contributed by atoms with E-state index in [9.17, 15) is 13.2 Å². The highest BCUT2D eigenvalue weighted by Crippen LogP contribution is 2.07. The van der Waals surface area contributed by atoms with Crippen molar-refractivity contribution in [3.63, 3.8) is 0 Å². The van der Waals surface area contributed by atoms with Crippen LogP contribution in [0.2, 0.25) is 0 Å². The third-order valence-corrected chi connectivity index (χ3v) is 3.66. The van der Waals surface area contributed by atoms with Gasteiger partial charge in [0.15, 0.2) is 9.84 Å². The number of carboxylic acid groups (broad SMARTS) is 1. The highest BCUT2D eigenvalue weighted by atomic mass is 32.2. The molecule has 7 heteroatoms. The van der Waals surface area contributed by atoms with Gasteiger partial charge in [-0.3, -0.25) is 9.48 Å². The summed E-state index contributed by atoms with van der Waals surface area (Å²) in [6.45, 7) is 2.46. The van der Waals surface area contributed by atoms with Gasteiger partial charge in [0.05, 0.1) is 23.6 Å². The average molecular weight is 246 g/mol. The molecule has 0 saturated carbocycles. The highest BCUT2D eigenvalue weighted by Gasteiger charge is 2.16. The van der Waals surface area contributed by atoms with Gasteiger partial charge < -0.3 is 5.11 Å². The summed E-state index contributed by atoms with van der Waals surface area (Å²) in [4.78, 5) is 10.3. The zero-order valence-corrected chi connectivity index (χ0v) is 9.77. The molecular formula is C9H14N2O4S. The van der Waals surface area contributed by atoms with E-state index in [4.69, 9.17) is 5.11 Å². The van der Waals surface area contributed by atoms with E-state index < -0.39 is 15.8 Å². The molecule has 0 fully saturated rings. The number of aromatic nitrogens is 2. The van der Waals surface area contributed by atoms with E-state index in [1.165, 1.54) is 6.20 Å². The summed E-state index contributed by atoms with van der Waals surface area (Å²) in [5.41, 5.74) is 0.591. The average Bonchev–Trinajstić information content (AvgIpc) is 2.61. The van der Waals surface area contributed by atoms with Gasteiger partial charge in [-0.15, -0.1) is 0 Å². The molecule has 0 spiro atoms. The Kier molecular flexibility index (Phi) is 4.05. The molecule has 0 saturated heterocycles. The molecule has 6 nitrogen and oxygen atoms in total. The number of hydrogen-bond acceptors (Lipinski definition) is 4. The minimum atomic E-state index is -3.37. The van der Waals surface area contributed by atoms with Crippen molar-refractivity contribution in [2.24, 2.45) is 0 Å². The van der Waals surface area contributed by atoms with Crippen molar-refractivity contribution < 1.29 is 18.3 Å². The zero-order chi connectivity index (χ0) is 12.2. The van der Waals surface area contributed by atoms with Crippen LogP contribution in [0.3, 0.4) is 0 Å². The second-order valence-corrected chi connectivity index (χ2v) is 5.56. The Balaban J connectivity index is 2.69. The lowest BCUT2D eigenvalue weighted by molar-refractivity contribution is -0.136. The number of nitrogens with zero attached hydrogens (tertiary/aromatic N) is 2. The Hall–Kier alpha value is -1.37. The van der Waals surface area contributed by atoms with Crippen molar-refractivity contribution in [2.45, 2.75) is 25.6 Å². The van der Waals surface area contributed by atoms with Gasteiger partial charge >= 0.3 is 5.97 Å². The third-order valence-electron chi connectivity index (χ3n) is 2.10. The molecule has 1 aromatic heterocycles. The predicted molar refractivity (Wildman–Crippen MR) is 57.6 cm³/mol. The van der Waals surface area contributed by atoms with Crippen LogP contribution in [-0.2, 0) is 26.9 Å². The van der Waals surface area contributed by atoms with Crippen molar-refractivity contribution in [2.75, 3.05) is 5.75 Å². The lowest BCUT2D eigenvalue weighted by atomic mass is 10.5. The monoisotopic (exact) mass is 246 g/mol. The fourth-order valence-corrected chi connectivity index (χ4v) is 2.63. The van der Waals surface area contributed by atoms with Crippen LogP contribution in [0.1, 0.15) is 19.0 Å². The molecule has 1 aromatic rings. The highest BCUT2D eigenvalue weighted by molar-refractivity contribution is 7.90. The molecule has 0 unspecified atom stereocenters. The summed E-state index contributed by atoms with van der Waals surface area (Å²) < 4.78 is 24.7. The minimum absolute atomic E-state index is 0.159. The Morgan fingerprint density at radius 1 is 1.56 bits per heavy atom. The van der Waals surface area contributed by atoms with Crippen LogP contribution in [0.25, 0.3) is 0 Å². The van der Waals surface area contributed by atoms with E-state index in [1.54, 1.807) is 10.7 Å². The van der Waals surface area contributed by atoms with Crippen molar-refractivity contribution in [3.05, 3.63) is 18.0 Å². The molecule has 16 heavy (non-hydrogen) atoms. The normalized spacial score (nSPS) is 11.6. The van der Waals surface area contributed by atoms with Crippen LogP contribution in [0.5, 0.6) is 0 Å². The minimum Gasteiger partial charge on any atom is -0.481 e. The number of hydrogen-bond donors (Lipinski definition) is 1. The third kappa shape index (κ3) is 3.65. The van der Waals surface area contributed by atoms with Crippen molar-refractivity contribution in [1.29, 1.82) is 0 Å². The molecule has 90 valence electrons. The number of carbonyl (C=O) groups is 1. The van der Waals surface area contributed by atoms with E-state index in [1.807, 2.05) is 6.92 Å². The van der Waals surface area contributed by atoms with Crippen LogP contribution in [-0.4, -0.2) is 35.0 Å². The lowest BCUT2D eigenvalue weighted by Gasteiger charge is -2.05. The second-order valence-electron chi connectivity index (χ2n) is 3.37. The molecular weight excluding hydrogens is 232 g/mol. The summed E-state index contributed by atoms with van der Waals surface area (Å²) in [7, 11) is -3.37. The van der Waals surface area contributed by atoms with Gasteiger partial charge in [0.25, 0.3) is 0 Å². The maximum Gasteiger partial charge on any atom is 0.304 e. The largest absolute Gasteiger partial charge is 0.481 e. The van der Waals surface area contributed by atoms with Gasteiger partial charge in [0, 0.05) is 12.7 Å². The topological polar surface area (TPSA) is 89.3 Å². The van der Waals surface area contributed by atoms with Gasteiger partial charge in [-0.2, -0.15) is 5.10 Å². The molecule has 0 aliphatic heterocycles. The number of carboxylic acids is 1. The number of aliphatic carboxylic acids is 1. The van der Waals surface area contributed by atoms with Crippen molar-refractivity contribution >= 4 is 15.8 Å². The number of aryl methyl sites for hydroxylation is 1. The standard InChI is InChI=1S/C9H14N2O4S/c1-2-11-8(3-5-10-11)7-16(14,15)6-4-9(12)13/h3,5H,2,4,6-7H2,1H3,(H,12,13). The molecule has 0 aliphatic carbocycles. The van der Waals surface area contributed by atoms with Crippen molar-refractivity contribution in [1.82, 2.24) is 9.78 Å². The summed E-state index contributed by atoms with van der Waals surface area (Å²) in [6.07, 6.45) is 1.17. The number of rotatable bonds is 6. The molecule has 1 heterocycles. The molecule has 0 aliphatic rings. The first-order valence-corrected chi connectivity index (χ1v) is 6.69. The smallest absolute Gasteiger partial charge is 0.304 e. The Labute approximate surface area is 93.8 Å². The summed E-state index contributed by atoms with van der Waals surface area (Å²) >= 11 is 0. The molecule has 0 aromatic carbocycles. The van der Waals surface area contributed by atoms with Gasteiger partial charge in [-0.05, 0) is 13.0 Å². The predicted octanol–water partition coefficient (Wildman–Crippen LogP) is 0.293. The fourth-order valence-electron chi connectivity index (χ4n) is 1.31. The lowest BCUT2D eigenvalue weighted by Crippen LogP contribution is -2.15. The second kappa shape index (κ2) is 5.11. The Morgan fingerprint density at radius 3 is 2.81 bits per heavy atom. The van der Waals surface area contributed by atoms with E-state index >= 15 is 0 Å². The molecule has 1 rings (SSSR count). The maximum atomic E-state index is 11.6. The van der Waals surface area contributed by atoms with Gasteiger partial charge in [-0.25, -0.2) is 8.42 Å². The van der Waals surface area contributed by atoms with Crippen LogP contribution < -0.4 is 0 Å². The van der Waals surface area contributed by atoms with E-state index in [0.717, 1.165) is 0 Å². The number of sulfone groups is 1. The van der Waals surface area contributed by atoms with Crippen LogP contribution >= 0.6 is 0 Å². The first-order valence-electron chi connectivity index (χ1n) is 4.87. The summed E-state index contributed by atoms with van der Waals surface area (Å²) in [6, 6.07) is 1.63. The first kappa shape index (κ1) is 12.7. The van der Waals surface area contributed by atoms with Crippen LogP contribution in [0.4, 0.5) is 0 Å². The maximum absolute atomic E-state index is 11.6. The van der Waals surface area contributed by atoms with Crippen molar-refractivity contribution in [3.8, 4) is 0 Å². The van der Waals surface area contributed by atoms with E-state index in [0.29, 0.717) is 12.2 Å². The molecule has 0 bridgehead atoms. The molecule has 1 N–H and O–H groups in total. The molecule has 0 amide bonds. The quantitative estimate of drug-likeness (QED) is 0.779. The van der Waals surface area contributed by atoms with Crippen LogP contribution in [0.15, 0.2) is 12.3 Å². The van der Waals surface area contributed by atoms with Crippen LogP contribution in [0, 0.1) is 0 Å². The molecule has 0 radical (unpaired) electrons. The SMILES string of the molecule is CCn1nccc1CS(=O)(=O)CCC(=O)O. The fraction of sp³-hybridized carbons (Fsp3) is 0.556. The zero-order valence-electron chi connectivity index (χ0n) is 8.96. The Bertz CT molecular complexity index is 464. The summed E-state index contributed by atoms with van der Waals surface area (Å²) in [5.74, 6) is -1.60. The van der Waals surface area contributed by atoms with E-state index in [-0.39, 0.29) is 17.9 Å². The van der Waals surface area contributed by atoms with Gasteiger partial charge in [-0.1, -0.05) is 0 Å². The van der Waals surface area contributed by atoms with Gasteiger partial charge in [0.1, 0.15) is 0 Å². The summed E-state index contributed by atoms with van der Waals surface area (Å²) in [5, 5.41) is 12.4.